The molecule has 15 heavy (non-hydrogen) atoms. The summed E-state index contributed by atoms with van der Waals surface area (Å²) < 4.78 is 37.9. The Balaban J connectivity index is 2.50. The smallest absolute Gasteiger partial charge is 0.397 e. The Kier molecular flexibility index (Phi) is 2.34. The van der Waals surface area contributed by atoms with E-state index in [1.165, 1.54) is 6.07 Å². The Hall–Kier alpha value is -1.23. The SMILES string of the molecule is Oc1cccc2c1C(C(F)(F)F)CNC2. The molecule has 0 radical (unpaired) electrons. The molecule has 0 amide bonds. The summed E-state index contributed by atoms with van der Waals surface area (Å²) in [6.45, 7) is 0.199. The summed E-state index contributed by atoms with van der Waals surface area (Å²) in [5.74, 6) is -1.88. The molecule has 5 heteroatoms. The number of fused-ring (bicyclic) bond motifs is 1. The maximum absolute atomic E-state index is 12.6. The molecule has 0 spiro atoms. The molecule has 1 aliphatic rings. The van der Waals surface area contributed by atoms with Gasteiger partial charge in [-0.15, -0.1) is 0 Å². The molecule has 0 saturated carbocycles. The third-order valence-electron chi connectivity index (χ3n) is 2.58. The van der Waals surface area contributed by atoms with Crippen molar-refractivity contribution in [1.29, 1.82) is 0 Å². The number of benzene rings is 1. The predicted octanol–water partition coefficient (Wildman–Crippen LogP) is 2.14. The van der Waals surface area contributed by atoms with Crippen LogP contribution in [-0.4, -0.2) is 17.8 Å². The first kappa shape index (κ1) is 10.3. The van der Waals surface area contributed by atoms with Gasteiger partial charge in [0.05, 0.1) is 5.92 Å². The monoisotopic (exact) mass is 217 g/mol. The number of nitrogens with one attached hydrogen (secondary N) is 1. The Morgan fingerprint density at radius 3 is 2.73 bits per heavy atom. The van der Waals surface area contributed by atoms with Gasteiger partial charge in [0.1, 0.15) is 5.75 Å². The molecule has 2 rings (SSSR count). The van der Waals surface area contributed by atoms with Gasteiger partial charge < -0.3 is 10.4 Å². The van der Waals surface area contributed by atoms with Crippen LogP contribution < -0.4 is 5.32 Å². The normalized spacial score (nSPS) is 21.1. The van der Waals surface area contributed by atoms with Crippen LogP contribution in [-0.2, 0) is 6.54 Å². The van der Waals surface area contributed by atoms with Crippen molar-refractivity contribution in [2.45, 2.75) is 18.6 Å². The summed E-state index contributed by atoms with van der Waals surface area (Å²) in [5, 5.41) is 12.2. The van der Waals surface area contributed by atoms with E-state index in [4.69, 9.17) is 0 Å². The molecular formula is C10H10F3NO. The van der Waals surface area contributed by atoms with Crippen LogP contribution in [0.3, 0.4) is 0 Å². The fourth-order valence-corrected chi connectivity index (χ4v) is 1.89. The van der Waals surface area contributed by atoms with Crippen molar-refractivity contribution in [2.24, 2.45) is 0 Å². The average Bonchev–Trinajstić information content (AvgIpc) is 2.16. The summed E-state index contributed by atoms with van der Waals surface area (Å²) in [5.41, 5.74) is 0.535. The topological polar surface area (TPSA) is 32.3 Å². The largest absolute Gasteiger partial charge is 0.508 e. The lowest BCUT2D eigenvalue weighted by atomic mass is 9.89. The van der Waals surface area contributed by atoms with Crippen molar-refractivity contribution < 1.29 is 18.3 Å². The lowest BCUT2D eigenvalue weighted by Gasteiger charge is -2.28. The number of alkyl halides is 3. The first-order valence-corrected chi connectivity index (χ1v) is 4.58. The standard InChI is InChI=1S/C10H10F3NO/c11-10(12,13)7-5-14-4-6-2-1-3-8(15)9(6)7/h1-3,7,14-15H,4-5H2. The van der Waals surface area contributed by atoms with Crippen LogP contribution in [0.5, 0.6) is 5.75 Å². The fourth-order valence-electron chi connectivity index (χ4n) is 1.89. The summed E-state index contributed by atoms with van der Waals surface area (Å²) in [6.07, 6.45) is -4.32. The highest BCUT2D eigenvalue weighted by molar-refractivity contribution is 5.44. The van der Waals surface area contributed by atoms with Gasteiger partial charge in [0.25, 0.3) is 0 Å². The Morgan fingerprint density at radius 1 is 1.33 bits per heavy atom. The van der Waals surface area contributed by atoms with Crippen LogP contribution >= 0.6 is 0 Å². The van der Waals surface area contributed by atoms with Crippen LogP contribution in [0.1, 0.15) is 17.0 Å². The molecule has 2 nitrogen and oxygen atoms in total. The van der Waals surface area contributed by atoms with Gasteiger partial charge in [-0.1, -0.05) is 12.1 Å². The second kappa shape index (κ2) is 3.41. The molecule has 1 unspecified atom stereocenters. The third-order valence-corrected chi connectivity index (χ3v) is 2.58. The number of hydrogen-bond acceptors (Lipinski definition) is 2. The number of aromatic hydroxyl groups is 1. The van der Waals surface area contributed by atoms with Gasteiger partial charge in [0.2, 0.25) is 0 Å². The molecule has 1 aromatic rings. The predicted molar refractivity (Wildman–Crippen MR) is 48.6 cm³/mol. The van der Waals surface area contributed by atoms with E-state index >= 15 is 0 Å². The minimum atomic E-state index is -4.32. The fraction of sp³-hybridized carbons (Fsp3) is 0.400. The molecule has 1 heterocycles. The molecule has 0 aromatic heterocycles. The average molecular weight is 217 g/mol. The van der Waals surface area contributed by atoms with Gasteiger partial charge >= 0.3 is 6.18 Å². The summed E-state index contributed by atoms with van der Waals surface area (Å²) in [4.78, 5) is 0. The van der Waals surface area contributed by atoms with Crippen molar-refractivity contribution in [1.82, 2.24) is 5.32 Å². The van der Waals surface area contributed by atoms with E-state index in [9.17, 15) is 18.3 Å². The van der Waals surface area contributed by atoms with E-state index in [0.717, 1.165) is 0 Å². The second-order valence-corrected chi connectivity index (χ2v) is 3.58. The summed E-state index contributed by atoms with van der Waals surface area (Å²) >= 11 is 0. The van der Waals surface area contributed by atoms with Gasteiger partial charge in [-0.05, 0) is 11.6 Å². The van der Waals surface area contributed by atoms with Crippen molar-refractivity contribution in [3.8, 4) is 5.75 Å². The Bertz CT molecular complexity index is 375. The number of phenols is 1. The molecule has 2 N–H and O–H groups in total. The number of rotatable bonds is 0. The van der Waals surface area contributed by atoms with Gasteiger partial charge in [-0.3, -0.25) is 0 Å². The van der Waals surface area contributed by atoms with E-state index in [2.05, 4.69) is 5.32 Å². The molecule has 0 fully saturated rings. The van der Waals surface area contributed by atoms with Crippen molar-refractivity contribution in [3.63, 3.8) is 0 Å². The molecule has 1 aromatic carbocycles. The van der Waals surface area contributed by atoms with Crippen LogP contribution in [0.2, 0.25) is 0 Å². The van der Waals surface area contributed by atoms with Crippen molar-refractivity contribution in [3.05, 3.63) is 29.3 Å². The van der Waals surface area contributed by atoms with Gasteiger partial charge in [-0.25, -0.2) is 0 Å². The minimum absolute atomic E-state index is 0.0174. The van der Waals surface area contributed by atoms with E-state index in [-0.39, 0.29) is 17.9 Å². The lowest BCUT2D eigenvalue weighted by molar-refractivity contribution is -0.151. The highest BCUT2D eigenvalue weighted by atomic mass is 19.4. The minimum Gasteiger partial charge on any atom is -0.508 e. The summed E-state index contributed by atoms with van der Waals surface area (Å²) in [7, 11) is 0. The second-order valence-electron chi connectivity index (χ2n) is 3.58. The number of hydrogen-bond donors (Lipinski definition) is 2. The molecule has 1 aliphatic heterocycles. The Labute approximate surface area is 84.7 Å². The first-order chi connectivity index (χ1) is 7.00. The Morgan fingerprint density at radius 2 is 2.07 bits per heavy atom. The third kappa shape index (κ3) is 1.79. The molecule has 0 saturated heterocycles. The first-order valence-electron chi connectivity index (χ1n) is 4.58. The molecule has 0 aliphatic carbocycles. The highest BCUT2D eigenvalue weighted by Crippen LogP contribution is 2.41. The maximum Gasteiger partial charge on any atom is 0.397 e. The van der Waals surface area contributed by atoms with E-state index in [0.29, 0.717) is 12.1 Å². The lowest BCUT2D eigenvalue weighted by Crippen LogP contribution is -2.36. The highest BCUT2D eigenvalue weighted by Gasteiger charge is 2.44. The zero-order chi connectivity index (χ0) is 11.1. The van der Waals surface area contributed by atoms with Gasteiger partial charge in [0, 0.05) is 18.7 Å². The van der Waals surface area contributed by atoms with Crippen LogP contribution in [0.25, 0.3) is 0 Å². The van der Waals surface area contributed by atoms with Crippen LogP contribution in [0.15, 0.2) is 18.2 Å². The summed E-state index contributed by atoms with van der Waals surface area (Å²) in [6, 6.07) is 4.44. The molecule has 0 bridgehead atoms. The molecule has 1 atom stereocenters. The van der Waals surface area contributed by atoms with E-state index in [1.54, 1.807) is 12.1 Å². The van der Waals surface area contributed by atoms with Gasteiger partial charge in [0.15, 0.2) is 0 Å². The molecule has 82 valence electrons. The maximum atomic E-state index is 12.6. The zero-order valence-corrected chi connectivity index (χ0v) is 7.80. The van der Waals surface area contributed by atoms with Gasteiger partial charge in [-0.2, -0.15) is 13.2 Å². The van der Waals surface area contributed by atoms with E-state index < -0.39 is 12.1 Å². The van der Waals surface area contributed by atoms with Crippen LogP contribution in [0.4, 0.5) is 13.2 Å². The zero-order valence-electron chi connectivity index (χ0n) is 7.80. The quantitative estimate of drug-likeness (QED) is 0.697. The number of halogens is 3. The number of phenolic OH excluding ortho intramolecular Hbond substituents is 1. The van der Waals surface area contributed by atoms with Crippen molar-refractivity contribution >= 4 is 0 Å². The van der Waals surface area contributed by atoms with Crippen LogP contribution in [0, 0.1) is 0 Å². The molecular weight excluding hydrogens is 207 g/mol. The van der Waals surface area contributed by atoms with E-state index in [1.807, 2.05) is 0 Å². The van der Waals surface area contributed by atoms with Crippen molar-refractivity contribution in [2.75, 3.05) is 6.54 Å².